The van der Waals surface area contributed by atoms with Crippen molar-refractivity contribution in [1.29, 1.82) is 0 Å². The van der Waals surface area contributed by atoms with Gasteiger partial charge in [-0.15, -0.1) is 0 Å². The number of aryl methyl sites for hydroxylation is 1. The lowest BCUT2D eigenvalue weighted by molar-refractivity contribution is 0.132. The summed E-state index contributed by atoms with van der Waals surface area (Å²) >= 11 is 0. The summed E-state index contributed by atoms with van der Waals surface area (Å²) in [6.45, 7) is 7.09. The van der Waals surface area contributed by atoms with E-state index in [1.807, 2.05) is 42.0 Å². The fraction of sp³-hybridized carbons (Fsp3) is 0.346. The van der Waals surface area contributed by atoms with Gasteiger partial charge in [0.2, 0.25) is 0 Å². The van der Waals surface area contributed by atoms with Gasteiger partial charge in [0.15, 0.2) is 0 Å². The normalized spacial score (nSPS) is 17.6. The molecular formula is C26H30N2O2. The van der Waals surface area contributed by atoms with E-state index in [1.54, 1.807) is 4.57 Å². The van der Waals surface area contributed by atoms with Crippen LogP contribution >= 0.6 is 0 Å². The van der Waals surface area contributed by atoms with Gasteiger partial charge in [-0.25, -0.2) is 4.79 Å². The van der Waals surface area contributed by atoms with Gasteiger partial charge in [-0.3, -0.25) is 9.13 Å². The Bertz CT molecular complexity index is 1190. The minimum Gasteiger partial charge on any atom is -0.388 e. The lowest BCUT2D eigenvalue weighted by atomic mass is 9.89. The first kappa shape index (κ1) is 20.4. The van der Waals surface area contributed by atoms with Gasteiger partial charge in [0, 0.05) is 19.5 Å². The van der Waals surface area contributed by atoms with Crippen LogP contribution in [-0.2, 0) is 13.6 Å². The molecule has 4 heteroatoms. The summed E-state index contributed by atoms with van der Waals surface area (Å²) in [7, 11) is 1.83. The van der Waals surface area contributed by atoms with Gasteiger partial charge in [-0.05, 0) is 46.7 Å². The van der Waals surface area contributed by atoms with E-state index in [9.17, 15) is 9.90 Å². The lowest BCUT2D eigenvalue weighted by Gasteiger charge is -2.21. The van der Waals surface area contributed by atoms with Crippen molar-refractivity contribution >= 4 is 11.0 Å². The molecule has 2 atom stereocenters. The molecule has 4 rings (SSSR count). The number of aliphatic hydroxyl groups excluding tert-OH is 1. The van der Waals surface area contributed by atoms with Crippen molar-refractivity contribution < 1.29 is 5.11 Å². The Labute approximate surface area is 177 Å². The molecule has 0 fully saturated rings. The van der Waals surface area contributed by atoms with Gasteiger partial charge in [0.05, 0.1) is 17.1 Å². The van der Waals surface area contributed by atoms with E-state index in [2.05, 4.69) is 57.2 Å². The molecule has 1 aliphatic carbocycles. The Morgan fingerprint density at radius 1 is 1.07 bits per heavy atom. The number of aromatic nitrogens is 2. The highest BCUT2D eigenvalue weighted by Gasteiger charge is 2.20. The van der Waals surface area contributed by atoms with Crippen LogP contribution in [0.1, 0.15) is 38.9 Å². The monoisotopic (exact) mass is 402 g/mol. The fourth-order valence-electron chi connectivity index (χ4n) is 4.20. The van der Waals surface area contributed by atoms with Gasteiger partial charge in [0.1, 0.15) is 0 Å². The molecule has 0 saturated heterocycles. The van der Waals surface area contributed by atoms with Crippen LogP contribution in [0.2, 0.25) is 0 Å². The summed E-state index contributed by atoms with van der Waals surface area (Å²) in [4.78, 5) is 12.8. The molecule has 4 nitrogen and oxygen atoms in total. The third-order valence-electron chi connectivity index (χ3n) is 5.76. The van der Waals surface area contributed by atoms with Crippen LogP contribution in [0, 0.1) is 11.3 Å². The third-order valence-corrected chi connectivity index (χ3v) is 5.76. The van der Waals surface area contributed by atoms with E-state index >= 15 is 0 Å². The number of allylic oxidation sites excluding steroid dienone is 3. The van der Waals surface area contributed by atoms with Crippen LogP contribution in [0.4, 0.5) is 0 Å². The van der Waals surface area contributed by atoms with Crippen LogP contribution in [-0.4, -0.2) is 14.2 Å². The summed E-state index contributed by atoms with van der Waals surface area (Å²) < 4.78 is 3.59. The molecular weight excluding hydrogens is 372 g/mol. The highest BCUT2D eigenvalue weighted by molar-refractivity contribution is 5.83. The van der Waals surface area contributed by atoms with E-state index in [1.165, 1.54) is 0 Å². The van der Waals surface area contributed by atoms with Crippen molar-refractivity contribution in [2.24, 2.45) is 18.4 Å². The van der Waals surface area contributed by atoms with Crippen molar-refractivity contribution in [3.63, 3.8) is 0 Å². The Hall–Kier alpha value is -2.85. The Morgan fingerprint density at radius 2 is 1.83 bits per heavy atom. The smallest absolute Gasteiger partial charge is 0.328 e. The van der Waals surface area contributed by atoms with Gasteiger partial charge in [-0.2, -0.15) is 0 Å². The number of fused-ring (bicyclic) bond motifs is 1. The number of nitrogens with zero attached hydrogens (tertiary/aromatic N) is 2. The number of hydrogen-bond donors (Lipinski definition) is 1. The van der Waals surface area contributed by atoms with Gasteiger partial charge >= 0.3 is 5.69 Å². The number of rotatable bonds is 4. The van der Waals surface area contributed by atoms with Crippen molar-refractivity contribution in [3.05, 3.63) is 82.8 Å². The second kappa shape index (κ2) is 7.77. The topological polar surface area (TPSA) is 47.2 Å². The molecule has 2 unspecified atom stereocenters. The Balaban J connectivity index is 1.72. The molecule has 0 radical (unpaired) electrons. The van der Waals surface area contributed by atoms with Gasteiger partial charge < -0.3 is 5.11 Å². The molecule has 0 amide bonds. The molecule has 0 saturated carbocycles. The summed E-state index contributed by atoms with van der Waals surface area (Å²) in [5, 5.41) is 10.8. The summed E-state index contributed by atoms with van der Waals surface area (Å²) in [5.41, 5.74) is 4.91. The summed E-state index contributed by atoms with van der Waals surface area (Å²) in [6, 6.07) is 14.3. The summed E-state index contributed by atoms with van der Waals surface area (Å²) in [5.74, 6) is 0.0972. The van der Waals surface area contributed by atoms with Crippen molar-refractivity contribution in [2.45, 2.75) is 39.8 Å². The van der Waals surface area contributed by atoms with E-state index in [4.69, 9.17) is 0 Å². The number of hydrogen-bond acceptors (Lipinski definition) is 2. The molecule has 1 N–H and O–H groups in total. The largest absolute Gasteiger partial charge is 0.388 e. The fourth-order valence-corrected chi connectivity index (χ4v) is 4.20. The zero-order valence-corrected chi connectivity index (χ0v) is 18.2. The van der Waals surface area contributed by atoms with Crippen LogP contribution < -0.4 is 5.69 Å². The molecule has 0 spiro atoms. The lowest BCUT2D eigenvalue weighted by Crippen LogP contribution is -2.27. The molecule has 30 heavy (non-hydrogen) atoms. The standard InChI is InChI=1S/C26H30N2O2/c1-26(2,3)17-28-22-14-13-20(16-23(22)27(4)25(28)30)19-11-8-12-21(15-19)24(29)18-9-6-5-7-10-18/h5-9,11-16,18,24,29H,10,17H2,1-4H3. The molecule has 0 bridgehead atoms. The maximum absolute atomic E-state index is 12.8. The van der Waals surface area contributed by atoms with E-state index in [0.717, 1.165) is 34.1 Å². The molecule has 1 aromatic heterocycles. The predicted octanol–water partition coefficient (Wildman–Crippen LogP) is 5.22. The van der Waals surface area contributed by atoms with Crippen LogP contribution in [0.15, 0.2) is 71.6 Å². The SMILES string of the molecule is Cn1c(=O)n(CC(C)(C)C)c2ccc(-c3cccc(C(O)C4C=CC=CC4)c3)cc21. The highest BCUT2D eigenvalue weighted by atomic mass is 16.3. The zero-order valence-electron chi connectivity index (χ0n) is 18.2. The summed E-state index contributed by atoms with van der Waals surface area (Å²) in [6.07, 6.45) is 8.48. The minimum absolute atomic E-state index is 0.0124. The first-order valence-corrected chi connectivity index (χ1v) is 10.6. The first-order valence-electron chi connectivity index (χ1n) is 10.6. The van der Waals surface area contributed by atoms with Crippen molar-refractivity contribution in [3.8, 4) is 11.1 Å². The predicted molar refractivity (Wildman–Crippen MR) is 123 cm³/mol. The third kappa shape index (κ3) is 3.92. The average Bonchev–Trinajstić information content (AvgIpc) is 2.97. The van der Waals surface area contributed by atoms with E-state index in [0.29, 0.717) is 6.54 Å². The van der Waals surface area contributed by atoms with Crippen molar-refractivity contribution in [1.82, 2.24) is 9.13 Å². The molecule has 1 aliphatic rings. The number of benzene rings is 2. The van der Waals surface area contributed by atoms with E-state index < -0.39 is 6.10 Å². The molecule has 0 aliphatic heterocycles. The van der Waals surface area contributed by atoms with Crippen LogP contribution in [0.3, 0.4) is 0 Å². The van der Waals surface area contributed by atoms with Crippen molar-refractivity contribution in [2.75, 3.05) is 0 Å². The second-order valence-electron chi connectivity index (χ2n) is 9.47. The van der Waals surface area contributed by atoms with Crippen LogP contribution in [0.25, 0.3) is 22.2 Å². The number of aliphatic hydroxyl groups is 1. The maximum atomic E-state index is 12.8. The average molecular weight is 403 g/mol. The highest BCUT2D eigenvalue weighted by Crippen LogP contribution is 2.32. The van der Waals surface area contributed by atoms with Gasteiger partial charge in [-0.1, -0.05) is 69.3 Å². The molecule has 2 aromatic carbocycles. The van der Waals surface area contributed by atoms with Crippen LogP contribution in [0.5, 0.6) is 0 Å². The number of imidazole rings is 1. The molecule has 1 heterocycles. The molecule has 156 valence electrons. The maximum Gasteiger partial charge on any atom is 0.328 e. The molecule has 3 aromatic rings. The van der Waals surface area contributed by atoms with E-state index in [-0.39, 0.29) is 17.0 Å². The van der Waals surface area contributed by atoms with Gasteiger partial charge in [0.25, 0.3) is 0 Å². The Morgan fingerprint density at radius 3 is 2.53 bits per heavy atom. The Kier molecular flexibility index (Phi) is 5.29. The first-order chi connectivity index (χ1) is 14.2. The second-order valence-corrected chi connectivity index (χ2v) is 9.47. The minimum atomic E-state index is -0.535. The zero-order chi connectivity index (χ0) is 21.5. The quantitative estimate of drug-likeness (QED) is 0.650.